The molecule has 1 N–H and O–H groups in total. The molecule has 0 atom stereocenters. The van der Waals surface area contributed by atoms with E-state index in [2.05, 4.69) is 12.2 Å². The van der Waals surface area contributed by atoms with Crippen molar-refractivity contribution < 1.29 is 13.6 Å². The molecule has 0 spiro atoms. The van der Waals surface area contributed by atoms with Gasteiger partial charge in [-0.15, -0.1) is 0 Å². The van der Waals surface area contributed by atoms with Gasteiger partial charge in [0.1, 0.15) is 0 Å². The molecule has 0 radical (unpaired) electrons. The normalized spacial score (nSPS) is 11.4. The van der Waals surface area contributed by atoms with Crippen molar-refractivity contribution in [2.75, 3.05) is 6.54 Å². The highest BCUT2D eigenvalue weighted by Crippen LogP contribution is 2.10. The van der Waals surface area contributed by atoms with E-state index in [-0.39, 0.29) is 0 Å². The zero-order chi connectivity index (χ0) is 10.3. The lowest BCUT2D eigenvalue weighted by Gasteiger charge is -2.10. The zero-order valence-electron chi connectivity index (χ0n) is 8.20. The summed E-state index contributed by atoms with van der Waals surface area (Å²) >= 11 is 0. The van der Waals surface area contributed by atoms with Gasteiger partial charge in [0.05, 0.1) is 0 Å². The maximum absolute atomic E-state index is 12.3. The summed E-state index contributed by atoms with van der Waals surface area (Å²) in [4.78, 5) is 10.6. The van der Waals surface area contributed by atoms with E-state index in [0.29, 0.717) is 13.5 Å². The SMILES string of the molecule is CCCCCCNC(=O)C(C)(F)F. The lowest BCUT2D eigenvalue weighted by atomic mass is 10.2. The van der Waals surface area contributed by atoms with Crippen molar-refractivity contribution in [2.24, 2.45) is 0 Å². The van der Waals surface area contributed by atoms with E-state index >= 15 is 0 Å². The number of rotatable bonds is 6. The number of nitrogens with one attached hydrogen (secondary N) is 1. The molecular weight excluding hydrogens is 176 g/mol. The molecule has 0 bridgehead atoms. The van der Waals surface area contributed by atoms with Crippen LogP contribution in [0.1, 0.15) is 39.5 Å². The van der Waals surface area contributed by atoms with Crippen LogP contribution in [0.2, 0.25) is 0 Å². The van der Waals surface area contributed by atoms with Crippen molar-refractivity contribution in [3.05, 3.63) is 0 Å². The Hall–Kier alpha value is -0.670. The summed E-state index contributed by atoms with van der Waals surface area (Å²) in [5, 5.41) is 2.19. The summed E-state index contributed by atoms with van der Waals surface area (Å²) in [6.45, 7) is 3.02. The van der Waals surface area contributed by atoms with Crippen molar-refractivity contribution in [2.45, 2.75) is 45.5 Å². The molecule has 4 heteroatoms. The van der Waals surface area contributed by atoms with Gasteiger partial charge < -0.3 is 5.32 Å². The van der Waals surface area contributed by atoms with Crippen molar-refractivity contribution in [3.63, 3.8) is 0 Å². The molecule has 78 valence electrons. The summed E-state index contributed by atoms with van der Waals surface area (Å²) in [6.07, 6.45) is 3.93. The average Bonchev–Trinajstić information content (AvgIpc) is 2.02. The molecule has 2 nitrogen and oxygen atoms in total. The van der Waals surface area contributed by atoms with E-state index in [1.807, 2.05) is 0 Å². The number of amides is 1. The Morgan fingerprint density at radius 2 is 1.92 bits per heavy atom. The number of alkyl halides is 2. The lowest BCUT2D eigenvalue weighted by molar-refractivity contribution is -0.143. The van der Waals surface area contributed by atoms with Gasteiger partial charge in [-0.25, -0.2) is 0 Å². The first-order valence-electron chi connectivity index (χ1n) is 4.64. The first-order chi connectivity index (χ1) is 5.98. The van der Waals surface area contributed by atoms with E-state index in [4.69, 9.17) is 0 Å². The van der Waals surface area contributed by atoms with Gasteiger partial charge >= 0.3 is 5.92 Å². The minimum atomic E-state index is -3.25. The molecule has 0 saturated heterocycles. The molecule has 0 fully saturated rings. The maximum Gasteiger partial charge on any atom is 0.321 e. The second kappa shape index (κ2) is 5.89. The van der Waals surface area contributed by atoms with Crippen LogP contribution in [0.15, 0.2) is 0 Å². The predicted molar refractivity (Wildman–Crippen MR) is 47.8 cm³/mol. The number of hydrogen-bond donors (Lipinski definition) is 1. The summed E-state index contributed by atoms with van der Waals surface area (Å²) in [5.41, 5.74) is 0. The van der Waals surface area contributed by atoms with Gasteiger partial charge in [0, 0.05) is 13.5 Å². The molecule has 0 aliphatic heterocycles. The van der Waals surface area contributed by atoms with Crippen molar-refractivity contribution >= 4 is 5.91 Å². The van der Waals surface area contributed by atoms with Gasteiger partial charge in [-0.05, 0) is 6.42 Å². The van der Waals surface area contributed by atoms with Crippen molar-refractivity contribution in [1.82, 2.24) is 5.32 Å². The number of unbranched alkanes of at least 4 members (excludes halogenated alkanes) is 3. The lowest BCUT2D eigenvalue weighted by Crippen LogP contribution is -2.38. The van der Waals surface area contributed by atoms with Crippen LogP contribution in [0.5, 0.6) is 0 Å². The summed E-state index contributed by atoms with van der Waals surface area (Å²) in [6, 6.07) is 0. The quantitative estimate of drug-likeness (QED) is 0.644. The van der Waals surface area contributed by atoms with Gasteiger partial charge in [0.2, 0.25) is 0 Å². The summed E-state index contributed by atoms with van der Waals surface area (Å²) in [7, 11) is 0. The molecule has 0 aromatic heterocycles. The van der Waals surface area contributed by atoms with Gasteiger partial charge in [-0.3, -0.25) is 4.79 Å². The third kappa shape index (κ3) is 6.49. The Morgan fingerprint density at radius 1 is 1.31 bits per heavy atom. The second-order valence-electron chi connectivity index (χ2n) is 3.20. The molecular formula is C9H17F2NO. The number of carbonyl (C=O) groups excluding carboxylic acids is 1. The molecule has 1 amide bonds. The Bertz CT molecular complexity index is 154. The second-order valence-corrected chi connectivity index (χ2v) is 3.20. The van der Waals surface area contributed by atoms with Crippen molar-refractivity contribution in [3.8, 4) is 0 Å². The van der Waals surface area contributed by atoms with Crippen LogP contribution >= 0.6 is 0 Å². The molecule has 0 saturated carbocycles. The zero-order valence-corrected chi connectivity index (χ0v) is 8.20. The van der Waals surface area contributed by atoms with Crippen LogP contribution in [0.25, 0.3) is 0 Å². The van der Waals surface area contributed by atoms with E-state index in [1.54, 1.807) is 0 Å². The minimum Gasteiger partial charge on any atom is -0.351 e. The topological polar surface area (TPSA) is 29.1 Å². The maximum atomic E-state index is 12.3. The summed E-state index contributed by atoms with van der Waals surface area (Å²) in [5.74, 6) is -4.42. The van der Waals surface area contributed by atoms with E-state index in [0.717, 1.165) is 25.7 Å². The Kier molecular flexibility index (Phi) is 5.58. The van der Waals surface area contributed by atoms with Gasteiger partial charge in [0.15, 0.2) is 0 Å². The largest absolute Gasteiger partial charge is 0.351 e. The Balaban J connectivity index is 3.38. The standard InChI is InChI=1S/C9H17F2NO/c1-3-4-5-6-7-12-8(13)9(2,10)11/h3-7H2,1-2H3,(H,12,13). The molecule has 0 unspecified atom stereocenters. The molecule has 0 aromatic carbocycles. The monoisotopic (exact) mass is 193 g/mol. The van der Waals surface area contributed by atoms with Gasteiger partial charge in [-0.1, -0.05) is 26.2 Å². The predicted octanol–water partition coefficient (Wildman–Crippen LogP) is 2.34. The number of carbonyl (C=O) groups is 1. The van der Waals surface area contributed by atoms with Crippen LogP contribution in [-0.2, 0) is 4.79 Å². The van der Waals surface area contributed by atoms with E-state index in [1.165, 1.54) is 0 Å². The Labute approximate surface area is 77.7 Å². The minimum absolute atomic E-state index is 0.349. The van der Waals surface area contributed by atoms with Crippen LogP contribution in [0.3, 0.4) is 0 Å². The average molecular weight is 193 g/mol. The fourth-order valence-corrected chi connectivity index (χ4v) is 0.909. The highest BCUT2D eigenvalue weighted by Gasteiger charge is 2.31. The van der Waals surface area contributed by atoms with E-state index < -0.39 is 11.8 Å². The van der Waals surface area contributed by atoms with Crippen LogP contribution < -0.4 is 5.32 Å². The Morgan fingerprint density at radius 3 is 2.38 bits per heavy atom. The van der Waals surface area contributed by atoms with Crippen LogP contribution in [0.4, 0.5) is 8.78 Å². The van der Waals surface area contributed by atoms with Crippen LogP contribution in [-0.4, -0.2) is 18.4 Å². The third-order valence-corrected chi connectivity index (χ3v) is 1.71. The molecule has 0 aliphatic rings. The third-order valence-electron chi connectivity index (χ3n) is 1.71. The van der Waals surface area contributed by atoms with Crippen LogP contribution in [0, 0.1) is 0 Å². The molecule has 13 heavy (non-hydrogen) atoms. The molecule has 0 heterocycles. The highest BCUT2D eigenvalue weighted by atomic mass is 19.3. The first kappa shape index (κ1) is 12.3. The fourth-order valence-electron chi connectivity index (χ4n) is 0.909. The van der Waals surface area contributed by atoms with E-state index in [9.17, 15) is 13.6 Å². The first-order valence-corrected chi connectivity index (χ1v) is 4.64. The van der Waals surface area contributed by atoms with Gasteiger partial charge in [-0.2, -0.15) is 8.78 Å². The molecule has 0 aliphatic carbocycles. The highest BCUT2D eigenvalue weighted by molar-refractivity contribution is 5.82. The summed E-state index contributed by atoms with van der Waals surface area (Å²) < 4.78 is 24.6. The smallest absolute Gasteiger partial charge is 0.321 e. The molecule has 0 rings (SSSR count). The van der Waals surface area contributed by atoms with Gasteiger partial charge in [0.25, 0.3) is 5.91 Å². The number of halogens is 2. The fraction of sp³-hybridized carbons (Fsp3) is 0.889. The van der Waals surface area contributed by atoms with Crippen molar-refractivity contribution in [1.29, 1.82) is 0 Å². The number of hydrogen-bond acceptors (Lipinski definition) is 1. The molecule has 0 aromatic rings.